The molecule has 0 aliphatic heterocycles. The van der Waals surface area contributed by atoms with Crippen molar-refractivity contribution >= 4 is 0 Å². The first-order chi connectivity index (χ1) is 5.72. The molecule has 70 valence electrons. The van der Waals surface area contributed by atoms with E-state index in [0.29, 0.717) is 5.92 Å². The van der Waals surface area contributed by atoms with Crippen LogP contribution in [0.4, 0.5) is 0 Å². The predicted molar refractivity (Wildman–Crippen MR) is 52.0 cm³/mol. The van der Waals surface area contributed by atoms with Crippen LogP contribution in [-0.2, 0) is 0 Å². The SMILES string of the molecule is CCC/C=C1\CC(C)CC(O)C1. The average Bonchev–Trinajstić information content (AvgIpc) is 1.99. The maximum atomic E-state index is 9.51. The van der Waals surface area contributed by atoms with Gasteiger partial charge < -0.3 is 5.11 Å². The van der Waals surface area contributed by atoms with Crippen LogP contribution in [-0.4, -0.2) is 11.2 Å². The van der Waals surface area contributed by atoms with Gasteiger partial charge in [-0.25, -0.2) is 0 Å². The Morgan fingerprint density at radius 1 is 1.50 bits per heavy atom. The first kappa shape index (κ1) is 9.79. The smallest absolute Gasteiger partial charge is 0.0580 e. The number of hydrogen-bond acceptors (Lipinski definition) is 1. The van der Waals surface area contributed by atoms with Crippen molar-refractivity contribution in [1.29, 1.82) is 0 Å². The zero-order valence-electron chi connectivity index (χ0n) is 8.21. The van der Waals surface area contributed by atoms with Gasteiger partial charge in [0.05, 0.1) is 6.10 Å². The van der Waals surface area contributed by atoms with Crippen molar-refractivity contribution in [2.75, 3.05) is 0 Å². The molecule has 0 bridgehead atoms. The maximum absolute atomic E-state index is 9.51. The van der Waals surface area contributed by atoms with Gasteiger partial charge in [-0.15, -0.1) is 0 Å². The molecule has 1 N–H and O–H groups in total. The molecule has 0 radical (unpaired) electrons. The highest BCUT2D eigenvalue weighted by Crippen LogP contribution is 2.28. The molecule has 1 heteroatoms. The Hall–Kier alpha value is -0.300. The van der Waals surface area contributed by atoms with Crippen LogP contribution < -0.4 is 0 Å². The second-order valence-electron chi connectivity index (χ2n) is 4.05. The van der Waals surface area contributed by atoms with Crippen LogP contribution in [0.15, 0.2) is 11.6 Å². The number of aliphatic hydroxyl groups is 1. The first-order valence-corrected chi connectivity index (χ1v) is 5.08. The monoisotopic (exact) mass is 168 g/mol. The molecule has 1 fully saturated rings. The molecule has 0 spiro atoms. The van der Waals surface area contributed by atoms with Gasteiger partial charge in [-0.1, -0.05) is 31.9 Å². The fourth-order valence-electron chi connectivity index (χ4n) is 1.98. The van der Waals surface area contributed by atoms with Crippen molar-refractivity contribution in [2.24, 2.45) is 5.92 Å². The Morgan fingerprint density at radius 3 is 2.83 bits per heavy atom. The van der Waals surface area contributed by atoms with E-state index in [-0.39, 0.29) is 6.10 Å². The minimum Gasteiger partial charge on any atom is -0.393 e. The molecule has 1 saturated carbocycles. The van der Waals surface area contributed by atoms with Crippen molar-refractivity contribution in [3.8, 4) is 0 Å². The summed E-state index contributed by atoms with van der Waals surface area (Å²) >= 11 is 0. The molecule has 1 aliphatic rings. The summed E-state index contributed by atoms with van der Waals surface area (Å²) < 4.78 is 0. The average molecular weight is 168 g/mol. The fraction of sp³-hybridized carbons (Fsp3) is 0.818. The van der Waals surface area contributed by atoms with Crippen LogP contribution in [0.5, 0.6) is 0 Å². The Bertz CT molecular complexity index is 148. The third-order valence-corrected chi connectivity index (χ3v) is 2.50. The summed E-state index contributed by atoms with van der Waals surface area (Å²) in [5.41, 5.74) is 1.48. The van der Waals surface area contributed by atoms with Crippen molar-refractivity contribution in [1.82, 2.24) is 0 Å². The lowest BCUT2D eigenvalue weighted by atomic mass is 9.84. The molecule has 1 rings (SSSR count). The van der Waals surface area contributed by atoms with Gasteiger partial charge in [0, 0.05) is 0 Å². The van der Waals surface area contributed by atoms with E-state index in [9.17, 15) is 5.11 Å². The highest BCUT2D eigenvalue weighted by molar-refractivity contribution is 5.07. The number of hydrogen-bond donors (Lipinski definition) is 1. The van der Waals surface area contributed by atoms with Crippen molar-refractivity contribution in [2.45, 2.75) is 52.1 Å². The lowest BCUT2D eigenvalue weighted by Crippen LogP contribution is -2.19. The minimum absolute atomic E-state index is 0.0724. The van der Waals surface area contributed by atoms with Crippen LogP contribution in [0.3, 0.4) is 0 Å². The molecule has 0 aromatic carbocycles. The third kappa shape index (κ3) is 2.98. The molecule has 1 aliphatic carbocycles. The molecule has 0 aromatic rings. The topological polar surface area (TPSA) is 20.2 Å². The van der Waals surface area contributed by atoms with Crippen LogP contribution >= 0.6 is 0 Å². The van der Waals surface area contributed by atoms with E-state index >= 15 is 0 Å². The van der Waals surface area contributed by atoms with E-state index < -0.39 is 0 Å². The molecule has 12 heavy (non-hydrogen) atoms. The van der Waals surface area contributed by atoms with Gasteiger partial charge in [0.1, 0.15) is 0 Å². The molecule has 0 amide bonds. The highest BCUT2D eigenvalue weighted by Gasteiger charge is 2.19. The summed E-state index contributed by atoms with van der Waals surface area (Å²) in [5.74, 6) is 0.678. The Balaban J connectivity index is 2.43. The second kappa shape index (κ2) is 4.66. The van der Waals surface area contributed by atoms with Gasteiger partial charge >= 0.3 is 0 Å². The highest BCUT2D eigenvalue weighted by atomic mass is 16.3. The van der Waals surface area contributed by atoms with E-state index in [1.165, 1.54) is 24.8 Å². The molecule has 0 heterocycles. The largest absolute Gasteiger partial charge is 0.393 e. The summed E-state index contributed by atoms with van der Waals surface area (Å²) in [4.78, 5) is 0. The molecule has 0 saturated heterocycles. The van der Waals surface area contributed by atoms with Crippen molar-refractivity contribution in [3.05, 3.63) is 11.6 Å². The van der Waals surface area contributed by atoms with Gasteiger partial charge in [0.15, 0.2) is 0 Å². The molecule has 1 nitrogen and oxygen atoms in total. The molecule has 2 unspecified atom stereocenters. The van der Waals surface area contributed by atoms with Crippen molar-refractivity contribution in [3.63, 3.8) is 0 Å². The van der Waals surface area contributed by atoms with Gasteiger partial charge in [0.25, 0.3) is 0 Å². The summed E-state index contributed by atoms with van der Waals surface area (Å²) in [6, 6.07) is 0. The Morgan fingerprint density at radius 2 is 2.25 bits per heavy atom. The van der Waals surface area contributed by atoms with E-state index in [0.717, 1.165) is 12.8 Å². The van der Waals surface area contributed by atoms with Gasteiger partial charge in [-0.2, -0.15) is 0 Å². The molecule has 0 aromatic heterocycles. The maximum Gasteiger partial charge on any atom is 0.0580 e. The van der Waals surface area contributed by atoms with Crippen molar-refractivity contribution < 1.29 is 5.11 Å². The van der Waals surface area contributed by atoms with Crippen LogP contribution in [0.2, 0.25) is 0 Å². The van der Waals surface area contributed by atoms with Crippen LogP contribution in [0.1, 0.15) is 46.0 Å². The Kier molecular flexibility index (Phi) is 3.80. The molecule has 2 atom stereocenters. The van der Waals surface area contributed by atoms with E-state index in [1.54, 1.807) is 0 Å². The lowest BCUT2D eigenvalue weighted by Gasteiger charge is -2.25. The van der Waals surface area contributed by atoms with Gasteiger partial charge in [0.2, 0.25) is 0 Å². The summed E-state index contributed by atoms with van der Waals surface area (Å²) in [5, 5.41) is 9.51. The van der Waals surface area contributed by atoms with E-state index in [1.807, 2.05) is 0 Å². The molecular formula is C11H20O. The van der Waals surface area contributed by atoms with Gasteiger partial charge in [-0.3, -0.25) is 0 Å². The lowest BCUT2D eigenvalue weighted by molar-refractivity contribution is 0.128. The fourth-order valence-corrected chi connectivity index (χ4v) is 1.98. The van der Waals surface area contributed by atoms with E-state index in [2.05, 4.69) is 19.9 Å². The number of allylic oxidation sites excluding steroid dienone is 1. The molecular weight excluding hydrogens is 148 g/mol. The quantitative estimate of drug-likeness (QED) is 0.629. The summed E-state index contributed by atoms with van der Waals surface area (Å²) in [6.07, 6.45) is 7.75. The van der Waals surface area contributed by atoms with Crippen LogP contribution in [0, 0.1) is 5.92 Å². The first-order valence-electron chi connectivity index (χ1n) is 5.08. The normalized spacial score (nSPS) is 34.1. The number of unbranched alkanes of at least 4 members (excludes halogenated alkanes) is 1. The number of rotatable bonds is 2. The summed E-state index contributed by atoms with van der Waals surface area (Å²) in [7, 11) is 0. The Labute approximate surface area is 75.5 Å². The van der Waals surface area contributed by atoms with E-state index in [4.69, 9.17) is 0 Å². The summed E-state index contributed by atoms with van der Waals surface area (Å²) in [6.45, 7) is 4.42. The second-order valence-corrected chi connectivity index (χ2v) is 4.05. The predicted octanol–water partition coefficient (Wildman–Crippen LogP) is 2.89. The third-order valence-electron chi connectivity index (χ3n) is 2.50. The minimum atomic E-state index is -0.0724. The zero-order valence-corrected chi connectivity index (χ0v) is 8.21. The van der Waals surface area contributed by atoms with Gasteiger partial charge in [-0.05, 0) is 31.6 Å². The zero-order chi connectivity index (χ0) is 8.97. The number of aliphatic hydroxyl groups excluding tert-OH is 1. The standard InChI is InChI=1S/C11H20O/c1-3-4-5-10-6-9(2)7-11(12)8-10/h5,9,11-12H,3-4,6-8H2,1-2H3/b10-5+. The van der Waals surface area contributed by atoms with Crippen LogP contribution in [0.25, 0.3) is 0 Å².